The molecule has 0 heterocycles. The molecule has 0 bridgehead atoms. The van der Waals surface area contributed by atoms with Gasteiger partial charge in [0.25, 0.3) is 0 Å². The summed E-state index contributed by atoms with van der Waals surface area (Å²) in [5.74, 6) is 2.21. The second kappa shape index (κ2) is 16.8. The summed E-state index contributed by atoms with van der Waals surface area (Å²) in [7, 11) is 0. The lowest BCUT2D eigenvalue weighted by atomic mass is 9.72. The first kappa shape index (κ1) is 31.6. The maximum atomic E-state index is 4.48. The van der Waals surface area contributed by atoms with Crippen LogP contribution in [0.15, 0.2) is 36.4 Å². The first-order chi connectivity index (χ1) is 11.8. The van der Waals surface area contributed by atoms with E-state index in [0.29, 0.717) is 5.92 Å². The Morgan fingerprint density at radius 3 is 1.86 bits per heavy atom. The first-order valence-corrected chi connectivity index (χ1v) is 10.6. The molecule has 2 atom stereocenters. The average Bonchev–Trinajstić information content (AvgIpc) is 2.66. The maximum Gasteiger partial charge on any atom is 0.00482 e. The fourth-order valence-corrected chi connectivity index (χ4v) is 4.72. The Bertz CT molecular complexity index is 484. The van der Waals surface area contributed by atoms with Gasteiger partial charge in [0.1, 0.15) is 0 Å². The largest absolute Gasteiger partial charge is 0.412 e. The molecule has 0 aliphatic heterocycles. The third-order valence-electron chi connectivity index (χ3n) is 6.07. The summed E-state index contributed by atoms with van der Waals surface area (Å²) < 4.78 is 0. The third kappa shape index (κ3) is 8.09. The number of hydrogen-bond donors (Lipinski definition) is 0. The van der Waals surface area contributed by atoms with Crippen LogP contribution in [-0.2, 0) is 0 Å². The van der Waals surface area contributed by atoms with Crippen LogP contribution in [0.1, 0.15) is 123 Å². The van der Waals surface area contributed by atoms with Gasteiger partial charge in [-0.2, -0.15) is 0 Å². The molecule has 4 N–H and O–H groups in total. The smallest absolute Gasteiger partial charge is 0.00482 e. The number of allylic oxidation sites excluding steroid dienone is 1. The van der Waals surface area contributed by atoms with Gasteiger partial charge in [-0.15, -0.1) is 0 Å². The van der Waals surface area contributed by atoms with E-state index in [9.17, 15) is 0 Å². The highest BCUT2D eigenvalue weighted by atomic mass is 16.0. The summed E-state index contributed by atoms with van der Waals surface area (Å²) in [5.41, 5.74) is 4.61. The Balaban J connectivity index is -0.00000101. The van der Waals surface area contributed by atoms with Crippen molar-refractivity contribution in [2.24, 2.45) is 5.92 Å². The van der Waals surface area contributed by atoms with E-state index in [1.807, 2.05) is 13.8 Å². The summed E-state index contributed by atoms with van der Waals surface area (Å²) in [6.45, 7) is 10.8. The molecule has 2 saturated carbocycles. The predicted octanol–water partition coefficient (Wildman–Crippen LogP) is 7.62. The van der Waals surface area contributed by atoms with Crippen molar-refractivity contribution >= 4 is 0 Å². The zero-order valence-corrected chi connectivity index (χ0v) is 17.3. The van der Waals surface area contributed by atoms with Crippen LogP contribution < -0.4 is 0 Å². The van der Waals surface area contributed by atoms with Crippen molar-refractivity contribution in [1.29, 1.82) is 0 Å². The predicted molar refractivity (Wildman–Crippen MR) is 128 cm³/mol. The Morgan fingerprint density at radius 1 is 0.786 bits per heavy atom. The van der Waals surface area contributed by atoms with Crippen LogP contribution in [0, 0.1) is 5.92 Å². The zero-order chi connectivity index (χ0) is 17.4. The summed E-state index contributed by atoms with van der Waals surface area (Å²) in [5, 5.41) is 0. The van der Waals surface area contributed by atoms with Gasteiger partial charge in [0.05, 0.1) is 0 Å². The molecule has 0 radical (unpaired) electrons. The molecule has 1 aromatic rings. The Morgan fingerprint density at radius 2 is 1.32 bits per heavy atom. The van der Waals surface area contributed by atoms with E-state index in [4.69, 9.17) is 0 Å². The van der Waals surface area contributed by atoms with E-state index in [1.54, 1.807) is 5.56 Å². The van der Waals surface area contributed by atoms with Crippen molar-refractivity contribution in [3.63, 3.8) is 0 Å². The van der Waals surface area contributed by atoms with Crippen molar-refractivity contribution in [2.45, 2.75) is 112 Å². The Labute approximate surface area is 176 Å². The number of rotatable bonds is 4. The second-order valence-electron chi connectivity index (χ2n) is 7.55. The van der Waals surface area contributed by atoms with Crippen LogP contribution in [-0.4, -0.2) is 11.0 Å². The minimum Gasteiger partial charge on any atom is -0.412 e. The molecule has 2 aliphatic rings. The van der Waals surface area contributed by atoms with Gasteiger partial charge >= 0.3 is 0 Å². The van der Waals surface area contributed by atoms with E-state index in [1.165, 1.54) is 75.3 Å². The molecule has 166 valence electrons. The number of benzene rings is 1. The van der Waals surface area contributed by atoms with E-state index >= 15 is 0 Å². The number of hydrogen-bond acceptors (Lipinski definition) is 0. The minimum absolute atomic E-state index is 0. The van der Waals surface area contributed by atoms with Crippen LogP contribution in [0.5, 0.6) is 0 Å². The average molecular weight is 395 g/mol. The molecule has 3 rings (SSSR count). The standard InChI is InChI=1S/C22H32.C2H6.2CH4.2H2O/c1-3-8-18-11-7-12-22(17(18)2)21-15-13-20(14-16-21)19-9-5-4-6-10-19;1-2;;;;/h13-16,18-19,22H,2-12H2,1H3;1-2H3;2*1H4;2*1H2. The fraction of sp³-hybridized carbons (Fsp3) is 0.692. The first-order valence-electron chi connectivity index (χ1n) is 10.6. The van der Waals surface area contributed by atoms with Crippen molar-refractivity contribution < 1.29 is 11.0 Å². The third-order valence-corrected chi connectivity index (χ3v) is 6.07. The monoisotopic (exact) mass is 394 g/mol. The van der Waals surface area contributed by atoms with Crippen LogP contribution >= 0.6 is 0 Å². The molecule has 2 unspecified atom stereocenters. The van der Waals surface area contributed by atoms with Gasteiger partial charge in [-0.1, -0.05) is 104 Å². The van der Waals surface area contributed by atoms with Gasteiger partial charge in [-0.25, -0.2) is 0 Å². The normalized spacial score (nSPS) is 21.5. The van der Waals surface area contributed by atoms with Gasteiger partial charge < -0.3 is 11.0 Å². The summed E-state index contributed by atoms with van der Waals surface area (Å²) in [6.07, 6.45) is 13.7. The van der Waals surface area contributed by atoms with Crippen molar-refractivity contribution in [3.05, 3.63) is 47.5 Å². The zero-order valence-electron chi connectivity index (χ0n) is 17.3. The van der Waals surface area contributed by atoms with Gasteiger partial charge in [-0.3, -0.25) is 0 Å². The summed E-state index contributed by atoms with van der Waals surface area (Å²) in [6, 6.07) is 9.66. The molecule has 0 aromatic heterocycles. The maximum absolute atomic E-state index is 4.48. The van der Waals surface area contributed by atoms with E-state index in [0.717, 1.165) is 11.8 Å². The van der Waals surface area contributed by atoms with E-state index < -0.39 is 0 Å². The molecule has 2 fully saturated rings. The molecular weight excluding hydrogens is 344 g/mol. The molecule has 1 aromatic carbocycles. The van der Waals surface area contributed by atoms with E-state index in [-0.39, 0.29) is 25.8 Å². The van der Waals surface area contributed by atoms with Crippen LogP contribution in [0.2, 0.25) is 0 Å². The van der Waals surface area contributed by atoms with Crippen LogP contribution in [0.25, 0.3) is 0 Å². The lowest BCUT2D eigenvalue weighted by Gasteiger charge is -2.32. The van der Waals surface area contributed by atoms with Crippen molar-refractivity contribution in [2.75, 3.05) is 0 Å². The summed E-state index contributed by atoms with van der Waals surface area (Å²) in [4.78, 5) is 0. The van der Waals surface area contributed by atoms with Crippen molar-refractivity contribution in [3.8, 4) is 0 Å². The van der Waals surface area contributed by atoms with E-state index in [2.05, 4.69) is 37.8 Å². The lowest BCUT2D eigenvalue weighted by molar-refractivity contribution is 0.398. The highest BCUT2D eigenvalue weighted by molar-refractivity contribution is 5.33. The van der Waals surface area contributed by atoms with Crippen molar-refractivity contribution in [1.82, 2.24) is 0 Å². The quantitative estimate of drug-likeness (QED) is 0.471. The molecule has 0 spiro atoms. The molecule has 0 saturated heterocycles. The Hall–Kier alpha value is -1.12. The molecule has 28 heavy (non-hydrogen) atoms. The lowest BCUT2D eigenvalue weighted by Crippen LogP contribution is -2.17. The SMILES string of the molecule is C.C.C=C1C(CCC)CCCC1c1ccc(C2CCCCC2)cc1.CC.O.O. The van der Waals surface area contributed by atoms with Gasteiger partial charge in [0.15, 0.2) is 0 Å². The van der Waals surface area contributed by atoms with Gasteiger partial charge in [-0.05, 0) is 55.1 Å². The molecule has 2 aliphatic carbocycles. The Kier molecular flexibility index (Phi) is 18.9. The summed E-state index contributed by atoms with van der Waals surface area (Å²) >= 11 is 0. The second-order valence-corrected chi connectivity index (χ2v) is 7.55. The highest BCUT2D eigenvalue weighted by Crippen LogP contribution is 2.42. The minimum atomic E-state index is 0. The molecule has 2 nitrogen and oxygen atoms in total. The topological polar surface area (TPSA) is 63.0 Å². The highest BCUT2D eigenvalue weighted by Gasteiger charge is 2.26. The van der Waals surface area contributed by atoms with Gasteiger partial charge in [0, 0.05) is 5.92 Å². The van der Waals surface area contributed by atoms with Crippen LogP contribution in [0.4, 0.5) is 0 Å². The van der Waals surface area contributed by atoms with Crippen LogP contribution in [0.3, 0.4) is 0 Å². The molecule has 0 amide bonds. The van der Waals surface area contributed by atoms with Gasteiger partial charge in [0.2, 0.25) is 0 Å². The molecule has 2 heteroatoms. The molecular formula is C26H50O2. The fourth-order valence-electron chi connectivity index (χ4n) is 4.72.